The molecule has 1 aliphatic heterocycles. The molecule has 1 aliphatic rings. The Morgan fingerprint density at radius 1 is 1.47 bits per heavy atom. The summed E-state index contributed by atoms with van der Waals surface area (Å²) in [4.78, 5) is 13.6. The Labute approximate surface area is 115 Å². The van der Waals surface area contributed by atoms with Crippen LogP contribution in [0.2, 0.25) is 0 Å². The highest BCUT2D eigenvalue weighted by Crippen LogP contribution is 2.25. The summed E-state index contributed by atoms with van der Waals surface area (Å²) < 4.78 is 0. The van der Waals surface area contributed by atoms with E-state index in [-0.39, 0.29) is 0 Å². The number of nitrogen functional groups attached to an aromatic ring is 1. The number of anilines is 2. The van der Waals surface area contributed by atoms with Gasteiger partial charge in [0.05, 0.1) is 0 Å². The first-order valence-electron chi connectivity index (χ1n) is 6.90. The first-order valence-corrected chi connectivity index (χ1v) is 6.90. The molecule has 3 N–H and O–H groups in total. The van der Waals surface area contributed by atoms with Crippen molar-refractivity contribution in [3.8, 4) is 0 Å². The van der Waals surface area contributed by atoms with Gasteiger partial charge in [-0.3, -0.25) is 0 Å². The highest BCUT2D eigenvalue weighted by Gasteiger charge is 2.26. The van der Waals surface area contributed by atoms with E-state index >= 15 is 0 Å². The lowest BCUT2D eigenvalue weighted by atomic mass is 10.2. The summed E-state index contributed by atoms with van der Waals surface area (Å²) in [5.41, 5.74) is 2.63. The van der Waals surface area contributed by atoms with E-state index < -0.39 is 0 Å². The number of nitrogens with zero attached hydrogens (tertiary/aromatic N) is 4. The van der Waals surface area contributed by atoms with Gasteiger partial charge in [0, 0.05) is 31.6 Å². The molecular weight excluding hydrogens is 240 g/mol. The molecule has 1 atom stereocenters. The van der Waals surface area contributed by atoms with Crippen LogP contribution in [0.5, 0.6) is 0 Å². The minimum absolute atomic E-state index is 0.528. The summed E-state index contributed by atoms with van der Waals surface area (Å²) in [6.07, 6.45) is 3.25. The van der Waals surface area contributed by atoms with E-state index in [1.807, 2.05) is 6.07 Å². The molecule has 0 aliphatic carbocycles. The van der Waals surface area contributed by atoms with Gasteiger partial charge in [0.15, 0.2) is 0 Å². The van der Waals surface area contributed by atoms with Crippen molar-refractivity contribution in [3.63, 3.8) is 0 Å². The normalized spacial score (nSPS) is 19.2. The van der Waals surface area contributed by atoms with E-state index in [9.17, 15) is 0 Å². The number of hydrogen-bond acceptors (Lipinski definition) is 6. The van der Waals surface area contributed by atoms with Crippen LogP contribution < -0.4 is 16.2 Å². The minimum atomic E-state index is 0.528. The van der Waals surface area contributed by atoms with Crippen molar-refractivity contribution in [3.05, 3.63) is 11.9 Å². The standard InChI is InChI=1S/C13H24N6/c1-4-11-15-12(17-14)8-13(16-11)19-7-5-6-10(19)9-18(2)3/h8,10H,4-7,9,14H2,1-3H3,(H,15,16,17). The highest BCUT2D eigenvalue weighted by atomic mass is 15.3. The maximum Gasteiger partial charge on any atom is 0.145 e. The molecule has 1 aromatic rings. The lowest BCUT2D eigenvalue weighted by Gasteiger charge is -2.28. The molecule has 0 bridgehead atoms. The molecule has 1 saturated heterocycles. The smallest absolute Gasteiger partial charge is 0.145 e. The van der Waals surface area contributed by atoms with Crippen molar-refractivity contribution in [2.24, 2.45) is 5.84 Å². The molecule has 0 saturated carbocycles. The van der Waals surface area contributed by atoms with E-state index in [4.69, 9.17) is 5.84 Å². The molecule has 1 unspecified atom stereocenters. The van der Waals surface area contributed by atoms with Gasteiger partial charge in [-0.05, 0) is 26.9 Å². The summed E-state index contributed by atoms with van der Waals surface area (Å²) >= 11 is 0. The number of aromatic nitrogens is 2. The predicted molar refractivity (Wildman–Crippen MR) is 78.1 cm³/mol. The monoisotopic (exact) mass is 264 g/mol. The number of hydrazine groups is 1. The third-order valence-electron chi connectivity index (χ3n) is 3.47. The van der Waals surface area contributed by atoms with Crippen molar-refractivity contribution in [2.45, 2.75) is 32.2 Å². The molecule has 6 heteroatoms. The number of nitrogens with two attached hydrogens (primary N) is 1. The molecule has 2 heterocycles. The lowest BCUT2D eigenvalue weighted by molar-refractivity contribution is 0.371. The quantitative estimate of drug-likeness (QED) is 0.607. The summed E-state index contributed by atoms with van der Waals surface area (Å²) in [6, 6.07) is 2.47. The van der Waals surface area contributed by atoms with Crippen molar-refractivity contribution < 1.29 is 0 Å². The van der Waals surface area contributed by atoms with Crippen LogP contribution in [-0.4, -0.2) is 48.1 Å². The largest absolute Gasteiger partial charge is 0.352 e. The topological polar surface area (TPSA) is 70.3 Å². The lowest BCUT2D eigenvalue weighted by Crippen LogP contribution is -2.38. The average molecular weight is 264 g/mol. The summed E-state index contributed by atoms with van der Waals surface area (Å²) in [7, 11) is 4.22. The second kappa shape index (κ2) is 6.16. The number of aryl methyl sites for hydroxylation is 1. The first kappa shape index (κ1) is 14.0. The fourth-order valence-corrected chi connectivity index (χ4v) is 2.61. The molecule has 0 aromatic carbocycles. The maximum atomic E-state index is 5.49. The Balaban J connectivity index is 2.24. The Morgan fingerprint density at radius 3 is 2.89 bits per heavy atom. The second-order valence-electron chi connectivity index (χ2n) is 5.28. The van der Waals surface area contributed by atoms with E-state index in [0.717, 1.165) is 31.2 Å². The zero-order valence-corrected chi connectivity index (χ0v) is 12.1. The second-order valence-corrected chi connectivity index (χ2v) is 5.28. The van der Waals surface area contributed by atoms with Gasteiger partial charge < -0.3 is 15.2 Å². The number of likely N-dealkylation sites (N-methyl/N-ethyl adjacent to an activating group) is 1. The third kappa shape index (κ3) is 3.33. The third-order valence-corrected chi connectivity index (χ3v) is 3.47. The number of rotatable bonds is 5. The molecule has 0 spiro atoms. The Bertz CT molecular complexity index is 397. The van der Waals surface area contributed by atoms with Crippen molar-refractivity contribution in [2.75, 3.05) is 37.5 Å². The fraction of sp³-hybridized carbons (Fsp3) is 0.692. The highest BCUT2D eigenvalue weighted by molar-refractivity contribution is 5.50. The van der Waals surface area contributed by atoms with Crippen LogP contribution in [0.25, 0.3) is 0 Å². The van der Waals surface area contributed by atoms with Crippen LogP contribution in [0, 0.1) is 0 Å². The van der Waals surface area contributed by atoms with Crippen LogP contribution in [0.3, 0.4) is 0 Å². The van der Waals surface area contributed by atoms with Crippen molar-refractivity contribution in [1.29, 1.82) is 0 Å². The van der Waals surface area contributed by atoms with Crippen LogP contribution in [0.15, 0.2) is 6.07 Å². The Kier molecular flexibility index (Phi) is 4.55. The van der Waals surface area contributed by atoms with Gasteiger partial charge in [-0.1, -0.05) is 6.92 Å². The SMILES string of the molecule is CCc1nc(NN)cc(N2CCCC2CN(C)C)n1. The number of nitrogens with one attached hydrogen (secondary N) is 1. The molecule has 1 fully saturated rings. The molecule has 2 rings (SSSR count). The van der Waals surface area contributed by atoms with Gasteiger partial charge in [0.2, 0.25) is 0 Å². The molecule has 19 heavy (non-hydrogen) atoms. The fourth-order valence-electron chi connectivity index (χ4n) is 2.61. The van der Waals surface area contributed by atoms with E-state index in [1.165, 1.54) is 12.8 Å². The summed E-state index contributed by atoms with van der Waals surface area (Å²) in [5, 5.41) is 0. The van der Waals surface area contributed by atoms with Gasteiger partial charge >= 0.3 is 0 Å². The van der Waals surface area contributed by atoms with E-state index in [1.54, 1.807) is 0 Å². The summed E-state index contributed by atoms with van der Waals surface area (Å²) in [6.45, 7) is 4.17. The molecular formula is C13H24N6. The van der Waals surface area contributed by atoms with Gasteiger partial charge in [0.1, 0.15) is 17.5 Å². The molecule has 0 radical (unpaired) electrons. The molecule has 6 nitrogen and oxygen atoms in total. The first-order chi connectivity index (χ1) is 9.13. The Morgan fingerprint density at radius 2 is 2.26 bits per heavy atom. The zero-order valence-electron chi connectivity index (χ0n) is 12.1. The van der Waals surface area contributed by atoms with Gasteiger partial charge in [-0.15, -0.1) is 0 Å². The van der Waals surface area contributed by atoms with Gasteiger partial charge in [0.25, 0.3) is 0 Å². The molecule has 106 valence electrons. The molecule has 1 aromatic heterocycles. The predicted octanol–water partition coefficient (Wildman–Crippen LogP) is 0.855. The summed E-state index contributed by atoms with van der Waals surface area (Å²) in [5.74, 6) is 8.01. The van der Waals surface area contributed by atoms with Crippen LogP contribution in [0.4, 0.5) is 11.6 Å². The zero-order chi connectivity index (χ0) is 13.8. The van der Waals surface area contributed by atoms with Gasteiger partial charge in [-0.2, -0.15) is 0 Å². The van der Waals surface area contributed by atoms with E-state index in [2.05, 4.69) is 46.2 Å². The maximum absolute atomic E-state index is 5.49. The average Bonchev–Trinajstić information content (AvgIpc) is 2.85. The van der Waals surface area contributed by atoms with Crippen LogP contribution in [-0.2, 0) is 6.42 Å². The van der Waals surface area contributed by atoms with Crippen molar-refractivity contribution in [1.82, 2.24) is 14.9 Å². The van der Waals surface area contributed by atoms with Crippen molar-refractivity contribution >= 4 is 11.6 Å². The van der Waals surface area contributed by atoms with Gasteiger partial charge in [-0.25, -0.2) is 15.8 Å². The van der Waals surface area contributed by atoms with Crippen LogP contribution >= 0.6 is 0 Å². The Hall–Kier alpha value is -1.40. The molecule has 0 amide bonds. The number of hydrogen-bond donors (Lipinski definition) is 2. The minimum Gasteiger partial charge on any atom is -0.352 e. The van der Waals surface area contributed by atoms with E-state index in [0.29, 0.717) is 11.9 Å². The van der Waals surface area contributed by atoms with Crippen LogP contribution in [0.1, 0.15) is 25.6 Å².